The van der Waals surface area contributed by atoms with Crippen LogP contribution in [0.2, 0.25) is 19.6 Å². The Morgan fingerprint density at radius 2 is 1.67 bits per heavy atom. The van der Waals surface area contributed by atoms with Crippen molar-refractivity contribution in [2.45, 2.75) is 19.6 Å². The molecule has 0 fully saturated rings. The van der Waals surface area contributed by atoms with Crippen LogP contribution in [0.3, 0.4) is 0 Å². The van der Waals surface area contributed by atoms with Crippen LogP contribution in [-0.2, 0) is 0 Å². The van der Waals surface area contributed by atoms with Gasteiger partial charge in [0, 0.05) is 12.6 Å². The van der Waals surface area contributed by atoms with Crippen molar-refractivity contribution < 1.29 is 0 Å². The first-order valence-electron chi connectivity index (χ1n) is 5.23. The minimum absolute atomic E-state index is 1.09. The molecule has 3 heteroatoms. The van der Waals surface area contributed by atoms with E-state index >= 15 is 0 Å². The van der Waals surface area contributed by atoms with Gasteiger partial charge in [-0.05, 0) is 7.05 Å². The van der Waals surface area contributed by atoms with Crippen LogP contribution >= 0.6 is 0 Å². The van der Waals surface area contributed by atoms with E-state index in [0.29, 0.717) is 0 Å². The molecule has 0 amide bonds. The summed E-state index contributed by atoms with van der Waals surface area (Å²) in [5.41, 5.74) is 1.20. The zero-order valence-corrected chi connectivity index (χ0v) is 11.3. The van der Waals surface area contributed by atoms with E-state index in [4.69, 9.17) is 0 Å². The molecule has 0 radical (unpaired) electrons. The zero-order valence-electron chi connectivity index (χ0n) is 10.3. The monoisotopic (exact) mass is 220 g/mol. The van der Waals surface area contributed by atoms with Gasteiger partial charge in [0.15, 0.2) is 0 Å². The summed E-state index contributed by atoms with van der Waals surface area (Å²) >= 11 is 0. The van der Waals surface area contributed by atoms with Crippen LogP contribution in [0.15, 0.2) is 35.3 Å². The lowest BCUT2D eigenvalue weighted by molar-refractivity contribution is 0.754. The second kappa shape index (κ2) is 4.62. The van der Waals surface area contributed by atoms with Gasteiger partial charge in [0.2, 0.25) is 0 Å². The molecule has 0 aliphatic carbocycles. The third kappa shape index (κ3) is 2.93. The molecule has 0 bridgehead atoms. The Kier molecular flexibility index (Phi) is 3.69. The summed E-state index contributed by atoms with van der Waals surface area (Å²) < 4.78 is 2.34. The fourth-order valence-electron chi connectivity index (χ4n) is 1.38. The zero-order chi connectivity index (χ0) is 11.5. The van der Waals surface area contributed by atoms with Gasteiger partial charge in [0.05, 0.1) is 0 Å². The maximum absolute atomic E-state index is 4.40. The number of benzene rings is 1. The predicted molar refractivity (Wildman–Crippen MR) is 70.0 cm³/mol. The fourth-order valence-corrected chi connectivity index (χ4v) is 2.24. The highest BCUT2D eigenvalue weighted by Gasteiger charge is 2.23. The van der Waals surface area contributed by atoms with Crippen molar-refractivity contribution in [2.24, 2.45) is 4.99 Å². The molecule has 2 nitrogen and oxygen atoms in total. The van der Waals surface area contributed by atoms with Crippen LogP contribution in [0.1, 0.15) is 5.56 Å². The van der Waals surface area contributed by atoms with E-state index in [1.54, 1.807) is 0 Å². The Morgan fingerprint density at radius 3 is 2.07 bits per heavy atom. The van der Waals surface area contributed by atoms with E-state index < -0.39 is 8.24 Å². The summed E-state index contributed by atoms with van der Waals surface area (Å²) in [5, 5.41) is 0. The lowest BCUT2D eigenvalue weighted by Crippen LogP contribution is -2.47. The fraction of sp³-hybridized carbons (Fsp3) is 0.417. The molecule has 15 heavy (non-hydrogen) atoms. The highest BCUT2D eigenvalue weighted by Crippen LogP contribution is 2.12. The van der Waals surface area contributed by atoms with E-state index in [-0.39, 0.29) is 0 Å². The van der Waals surface area contributed by atoms with Gasteiger partial charge in [-0.1, -0.05) is 50.0 Å². The lowest BCUT2D eigenvalue weighted by Gasteiger charge is -2.33. The number of aliphatic imine (C=N–C) groups is 1. The molecular formula is C12H20N2Si. The quantitative estimate of drug-likeness (QED) is 0.425. The Morgan fingerprint density at radius 1 is 1.13 bits per heavy atom. The molecule has 82 valence electrons. The summed E-state index contributed by atoms with van der Waals surface area (Å²) in [6, 6.07) is 10.4. The topological polar surface area (TPSA) is 15.6 Å². The normalized spacial score (nSPS) is 12.7. The number of hydrogen-bond acceptors (Lipinski definition) is 1. The van der Waals surface area contributed by atoms with E-state index in [2.05, 4.69) is 60.5 Å². The van der Waals surface area contributed by atoms with Crippen LogP contribution in [0.4, 0.5) is 0 Å². The van der Waals surface area contributed by atoms with Crippen LogP contribution in [0, 0.1) is 0 Å². The molecule has 0 N–H and O–H groups in total. The molecule has 0 heterocycles. The van der Waals surface area contributed by atoms with Crippen molar-refractivity contribution in [1.29, 1.82) is 0 Å². The first kappa shape index (κ1) is 12.0. The summed E-state index contributed by atoms with van der Waals surface area (Å²) in [6.45, 7) is 6.96. The smallest absolute Gasteiger partial charge is 0.149 e. The van der Waals surface area contributed by atoms with E-state index in [9.17, 15) is 0 Å². The summed E-state index contributed by atoms with van der Waals surface area (Å²) in [6.07, 6.45) is 0. The summed E-state index contributed by atoms with van der Waals surface area (Å²) in [4.78, 5) is 4.40. The second-order valence-electron chi connectivity index (χ2n) is 4.64. The van der Waals surface area contributed by atoms with Gasteiger partial charge in [0.25, 0.3) is 0 Å². The third-order valence-electron chi connectivity index (χ3n) is 2.57. The van der Waals surface area contributed by atoms with Crippen LogP contribution < -0.4 is 0 Å². The third-order valence-corrected chi connectivity index (χ3v) is 4.79. The van der Waals surface area contributed by atoms with Crippen LogP contribution in [0.5, 0.6) is 0 Å². The average molecular weight is 220 g/mol. The second-order valence-corrected chi connectivity index (χ2v) is 9.66. The molecule has 0 aliphatic heterocycles. The van der Waals surface area contributed by atoms with Gasteiger partial charge in [0.1, 0.15) is 14.1 Å². The van der Waals surface area contributed by atoms with Crippen molar-refractivity contribution in [3.05, 3.63) is 35.9 Å². The SMILES string of the molecule is CN=C(c1ccccc1)N(C)[Si](C)(C)C. The minimum Gasteiger partial charge on any atom is -0.386 e. The maximum atomic E-state index is 4.40. The van der Waals surface area contributed by atoms with Crippen LogP contribution in [0.25, 0.3) is 0 Å². The average Bonchev–Trinajstić information content (AvgIpc) is 2.19. The Balaban J connectivity index is 3.02. The van der Waals surface area contributed by atoms with E-state index in [1.807, 2.05) is 13.1 Å². The molecular weight excluding hydrogens is 200 g/mol. The van der Waals surface area contributed by atoms with E-state index in [0.717, 1.165) is 5.84 Å². The lowest BCUT2D eigenvalue weighted by atomic mass is 10.2. The van der Waals surface area contributed by atoms with Gasteiger partial charge in [-0.25, -0.2) is 0 Å². The molecule has 0 atom stereocenters. The van der Waals surface area contributed by atoms with Crippen molar-refractivity contribution in [3.8, 4) is 0 Å². The van der Waals surface area contributed by atoms with Gasteiger partial charge in [-0.15, -0.1) is 0 Å². The molecule has 1 rings (SSSR count). The highest BCUT2D eigenvalue weighted by atomic mass is 28.3. The molecule has 0 saturated carbocycles. The molecule has 0 aromatic heterocycles. The van der Waals surface area contributed by atoms with Crippen molar-refractivity contribution >= 4 is 14.1 Å². The molecule has 0 saturated heterocycles. The Bertz CT molecular complexity index is 338. The Hall–Kier alpha value is -1.09. The highest BCUT2D eigenvalue weighted by molar-refractivity contribution is 6.75. The minimum atomic E-state index is -1.32. The molecule has 1 aromatic rings. The van der Waals surface area contributed by atoms with Gasteiger partial charge in [-0.2, -0.15) is 0 Å². The first-order chi connectivity index (χ1) is 6.96. The van der Waals surface area contributed by atoms with Crippen molar-refractivity contribution in [3.63, 3.8) is 0 Å². The Labute approximate surface area is 93.7 Å². The molecule has 0 spiro atoms. The van der Waals surface area contributed by atoms with Gasteiger partial charge < -0.3 is 4.57 Å². The van der Waals surface area contributed by atoms with Gasteiger partial charge >= 0.3 is 0 Å². The van der Waals surface area contributed by atoms with Crippen LogP contribution in [-0.4, -0.2) is 32.7 Å². The van der Waals surface area contributed by atoms with Gasteiger partial charge in [-0.3, -0.25) is 4.99 Å². The molecule has 1 aromatic carbocycles. The summed E-state index contributed by atoms with van der Waals surface area (Å²) in [7, 11) is 2.68. The number of amidine groups is 1. The van der Waals surface area contributed by atoms with Crippen molar-refractivity contribution in [2.75, 3.05) is 14.1 Å². The summed E-state index contributed by atoms with van der Waals surface area (Å²) in [5.74, 6) is 1.09. The number of nitrogens with zero attached hydrogens (tertiary/aromatic N) is 2. The predicted octanol–water partition coefficient (Wildman–Crippen LogP) is 2.83. The number of rotatable bonds is 2. The maximum Gasteiger partial charge on any atom is 0.149 e. The van der Waals surface area contributed by atoms with Crippen molar-refractivity contribution in [1.82, 2.24) is 4.57 Å². The number of hydrogen-bond donors (Lipinski definition) is 0. The first-order valence-corrected chi connectivity index (χ1v) is 8.67. The van der Waals surface area contributed by atoms with E-state index in [1.165, 1.54) is 5.56 Å². The largest absolute Gasteiger partial charge is 0.386 e. The molecule has 0 unspecified atom stereocenters. The standard InChI is InChI=1S/C12H20N2Si/c1-13-12(14(2)15(3,4)5)11-9-7-6-8-10-11/h6-10H,1-5H3. The molecule has 0 aliphatic rings.